The average Bonchev–Trinajstić information content (AvgIpc) is 2.16. The van der Waals surface area contributed by atoms with Crippen molar-refractivity contribution in [3.05, 3.63) is 0 Å². The van der Waals surface area contributed by atoms with Gasteiger partial charge in [-0.05, 0) is 32.4 Å². The Bertz CT molecular complexity index is 232. The number of rotatable bonds is 3. The van der Waals surface area contributed by atoms with E-state index in [-0.39, 0.29) is 12.3 Å². The zero-order valence-corrected chi connectivity index (χ0v) is 8.56. The van der Waals surface area contributed by atoms with E-state index < -0.39 is 12.6 Å². The summed E-state index contributed by atoms with van der Waals surface area (Å²) in [5.74, 6) is 0.00429. The van der Waals surface area contributed by atoms with Crippen LogP contribution in [0.1, 0.15) is 25.7 Å². The molecule has 0 aliphatic carbocycles. The summed E-state index contributed by atoms with van der Waals surface area (Å²) in [5, 5.41) is 8.71. The van der Waals surface area contributed by atoms with Crippen molar-refractivity contribution in [2.24, 2.45) is 5.92 Å². The summed E-state index contributed by atoms with van der Waals surface area (Å²) >= 11 is 0. The molecule has 2 nitrogen and oxygen atoms in total. The first-order chi connectivity index (χ1) is 7.01. The second-order valence-electron chi connectivity index (χ2n) is 3.99. The second-order valence-corrected chi connectivity index (χ2v) is 3.99. The Morgan fingerprint density at radius 2 is 2.13 bits per heavy atom. The third-order valence-corrected chi connectivity index (χ3v) is 2.62. The van der Waals surface area contributed by atoms with E-state index in [4.69, 9.17) is 5.26 Å². The standard InChI is InChI=1S/C10H15F3N2/c11-10(12,13)4-2-6-15-5-1-3-9(7-14)8-15/h9H,1-6,8H2. The Labute approximate surface area is 87.7 Å². The minimum absolute atomic E-state index is 0.00429. The minimum Gasteiger partial charge on any atom is -0.302 e. The van der Waals surface area contributed by atoms with Crippen LogP contribution < -0.4 is 0 Å². The van der Waals surface area contributed by atoms with Crippen LogP contribution in [0.3, 0.4) is 0 Å². The van der Waals surface area contributed by atoms with Crippen molar-refractivity contribution in [2.75, 3.05) is 19.6 Å². The summed E-state index contributed by atoms with van der Waals surface area (Å²) in [4.78, 5) is 1.96. The van der Waals surface area contributed by atoms with E-state index in [1.165, 1.54) is 0 Å². The monoisotopic (exact) mass is 220 g/mol. The van der Waals surface area contributed by atoms with Gasteiger partial charge in [0.2, 0.25) is 0 Å². The maximum absolute atomic E-state index is 11.9. The maximum Gasteiger partial charge on any atom is 0.389 e. The highest BCUT2D eigenvalue weighted by Gasteiger charge is 2.27. The van der Waals surface area contributed by atoms with Gasteiger partial charge in [0.05, 0.1) is 12.0 Å². The molecule has 0 aromatic heterocycles. The van der Waals surface area contributed by atoms with Crippen molar-refractivity contribution < 1.29 is 13.2 Å². The van der Waals surface area contributed by atoms with Crippen LogP contribution in [0.25, 0.3) is 0 Å². The summed E-state index contributed by atoms with van der Waals surface area (Å²) in [6.07, 6.45) is -2.83. The fourth-order valence-electron chi connectivity index (χ4n) is 1.87. The molecule has 0 bridgehead atoms. The normalized spacial score (nSPS) is 23.7. The quantitative estimate of drug-likeness (QED) is 0.730. The van der Waals surface area contributed by atoms with Gasteiger partial charge in [-0.3, -0.25) is 0 Å². The van der Waals surface area contributed by atoms with E-state index in [1.807, 2.05) is 4.90 Å². The molecule has 0 aromatic rings. The van der Waals surface area contributed by atoms with Gasteiger partial charge in [0, 0.05) is 13.0 Å². The number of nitrogens with zero attached hydrogens (tertiary/aromatic N) is 2. The lowest BCUT2D eigenvalue weighted by molar-refractivity contribution is -0.136. The van der Waals surface area contributed by atoms with Crippen LogP contribution in [-0.2, 0) is 0 Å². The zero-order valence-electron chi connectivity index (χ0n) is 8.56. The van der Waals surface area contributed by atoms with Crippen molar-refractivity contribution in [1.82, 2.24) is 4.90 Å². The second kappa shape index (κ2) is 5.36. The Balaban J connectivity index is 2.19. The maximum atomic E-state index is 11.9. The first-order valence-electron chi connectivity index (χ1n) is 5.20. The summed E-state index contributed by atoms with van der Waals surface area (Å²) in [5.41, 5.74) is 0. The third-order valence-electron chi connectivity index (χ3n) is 2.62. The van der Waals surface area contributed by atoms with E-state index in [0.717, 1.165) is 19.4 Å². The molecule has 1 unspecified atom stereocenters. The summed E-state index contributed by atoms with van der Waals surface area (Å²) < 4.78 is 35.6. The number of piperidine rings is 1. The summed E-state index contributed by atoms with van der Waals surface area (Å²) in [6, 6.07) is 2.18. The predicted molar refractivity (Wildman–Crippen MR) is 50.1 cm³/mol. The van der Waals surface area contributed by atoms with Crippen molar-refractivity contribution >= 4 is 0 Å². The van der Waals surface area contributed by atoms with E-state index in [9.17, 15) is 13.2 Å². The molecule has 1 aliphatic rings. The van der Waals surface area contributed by atoms with Crippen molar-refractivity contribution in [2.45, 2.75) is 31.9 Å². The molecule has 1 fully saturated rings. The van der Waals surface area contributed by atoms with Crippen LogP contribution in [0.4, 0.5) is 13.2 Å². The number of hydrogen-bond acceptors (Lipinski definition) is 2. The van der Waals surface area contributed by atoms with Gasteiger partial charge in [0.15, 0.2) is 0 Å². The highest BCUT2D eigenvalue weighted by atomic mass is 19.4. The average molecular weight is 220 g/mol. The Kier molecular flexibility index (Phi) is 4.40. The molecule has 15 heavy (non-hydrogen) atoms. The van der Waals surface area contributed by atoms with Crippen molar-refractivity contribution in [3.8, 4) is 6.07 Å². The predicted octanol–water partition coefficient (Wildman–Crippen LogP) is 2.56. The number of likely N-dealkylation sites (tertiary alicyclic amines) is 1. The zero-order chi connectivity index (χ0) is 11.3. The first-order valence-corrected chi connectivity index (χ1v) is 5.20. The van der Waals surface area contributed by atoms with Crippen LogP contribution in [0, 0.1) is 17.2 Å². The fraction of sp³-hybridized carbons (Fsp3) is 0.900. The van der Waals surface area contributed by atoms with Gasteiger partial charge < -0.3 is 4.90 Å². The Morgan fingerprint density at radius 3 is 2.73 bits per heavy atom. The molecular weight excluding hydrogens is 205 g/mol. The lowest BCUT2D eigenvalue weighted by Crippen LogP contribution is -2.35. The van der Waals surface area contributed by atoms with Crippen LogP contribution in [0.2, 0.25) is 0 Å². The summed E-state index contributed by atoms with van der Waals surface area (Å²) in [7, 11) is 0. The molecule has 0 saturated carbocycles. The molecule has 1 atom stereocenters. The van der Waals surface area contributed by atoms with Gasteiger partial charge in [-0.15, -0.1) is 0 Å². The number of nitriles is 1. The van der Waals surface area contributed by atoms with E-state index in [1.54, 1.807) is 0 Å². The van der Waals surface area contributed by atoms with Gasteiger partial charge in [0.25, 0.3) is 0 Å². The minimum atomic E-state index is -4.05. The number of halogens is 3. The lowest BCUT2D eigenvalue weighted by atomic mass is 9.99. The topological polar surface area (TPSA) is 27.0 Å². The lowest BCUT2D eigenvalue weighted by Gasteiger charge is -2.29. The van der Waals surface area contributed by atoms with Gasteiger partial charge in [0.1, 0.15) is 0 Å². The van der Waals surface area contributed by atoms with Gasteiger partial charge in [-0.2, -0.15) is 18.4 Å². The summed E-state index contributed by atoms with van der Waals surface area (Å²) in [6.45, 7) is 1.92. The fourth-order valence-corrected chi connectivity index (χ4v) is 1.87. The van der Waals surface area contributed by atoms with E-state index >= 15 is 0 Å². The highest BCUT2D eigenvalue weighted by molar-refractivity contribution is 4.88. The Morgan fingerprint density at radius 1 is 1.40 bits per heavy atom. The van der Waals surface area contributed by atoms with Crippen LogP contribution in [0.15, 0.2) is 0 Å². The molecule has 1 rings (SSSR count). The van der Waals surface area contributed by atoms with Gasteiger partial charge in [-0.1, -0.05) is 0 Å². The molecule has 1 heterocycles. The number of alkyl halides is 3. The molecule has 0 radical (unpaired) electrons. The molecule has 0 amide bonds. The SMILES string of the molecule is N#CC1CCCN(CCCC(F)(F)F)C1. The van der Waals surface area contributed by atoms with Gasteiger partial charge >= 0.3 is 6.18 Å². The third kappa shape index (κ3) is 5.03. The molecule has 5 heteroatoms. The van der Waals surface area contributed by atoms with Gasteiger partial charge in [-0.25, -0.2) is 0 Å². The smallest absolute Gasteiger partial charge is 0.302 e. The Hall–Kier alpha value is -0.760. The molecule has 86 valence electrons. The molecular formula is C10H15F3N2. The highest BCUT2D eigenvalue weighted by Crippen LogP contribution is 2.22. The largest absolute Gasteiger partial charge is 0.389 e. The first kappa shape index (κ1) is 12.3. The van der Waals surface area contributed by atoms with Crippen LogP contribution in [0.5, 0.6) is 0 Å². The van der Waals surface area contributed by atoms with Crippen molar-refractivity contribution in [3.63, 3.8) is 0 Å². The molecule has 1 saturated heterocycles. The van der Waals surface area contributed by atoms with E-state index in [0.29, 0.717) is 13.1 Å². The van der Waals surface area contributed by atoms with Crippen LogP contribution >= 0.6 is 0 Å². The molecule has 0 N–H and O–H groups in total. The van der Waals surface area contributed by atoms with Crippen molar-refractivity contribution in [1.29, 1.82) is 5.26 Å². The number of hydrogen-bond donors (Lipinski definition) is 0. The molecule has 1 aliphatic heterocycles. The molecule has 0 spiro atoms. The van der Waals surface area contributed by atoms with E-state index in [2.05, 4.69) is 6.07 Å². The van der Waals surface area contributed by atoms with Crippen LogP contribution in [-0.4, -0.2) is 30.7 Å². The molecule has 0 aromatic carbocycles.